The standard InChI is InChI=1S/C15H24F3IN2O2S/c1-9(2)12(21-24(22,23)15(16,17)18)20-11-7-10-5-6-14(11,8-19)13(10,3)4/h9-11H,5-8H2,1-4H3,(H,20,21). The molecule has 2 fully saturated rings. The molecule has 1 N–H and O–H groups in total. The van der Waals surface area contributed by atoms with E-state index in [1.165, 1.54) is 0 Å². The maximum atomic E-state index is 12.7. The maximum Gasteiger partial charge on any atom is 0.516 e. The molecule has 0 heterocycles. The molecule has 0 aliphatic heterocycles. The van der Waals surface area contributed by atoms with Crippen LogP contribution in [0.2, 0.25) is 0 Å². The fourth-order valence-electron chi connectivity index (χ4n) is 4.19. The topological polar surface area (TPSA) is 58.5 Å². The Kier molecular flexibility index (Phi) is 5.30. The van der Waals surface area contributed by atoms with Crippen LogP contribution in [0.15, 0.2) is 4.99 Å². The second-order valence-corrected chi connectivity index (χ2v) is 10.2. The quantitative estimate of drug-likeness (QED) is 0.285. The summed E-state index contributed by atoms with van der Waals surface area (Å²) in [6, 6.07) is -0.142. The monoisotopic (exact) mass is 480 g/mol. The van der Waals surface area contributed by atoms with Gasteiger partial charge in [0.15, 0.2) is 0 Å². The normalized spacial score (nSPS) is 33.3. The molecule has 0 aromatic carbocycles. The largest absolute Gasteiger partial charge is 0.516 e. The smallest absolute Gasteiger partial charge is 0.268 e. The van der Waals surface area contributed by atoms with Crippen LogP contribution in [-0.2, 0) is 10.0 Å². The number of halogens is 4. The average molecular weight is 480 g/mol. The minimum Gasteiger partial charge on any atom is -0.268 e. The number of rotatable bonds is 4. The predicted octanol–water partition coefficient (Wildman–Crippen LogP) is 4.11. The Hall–Kier alpha value is -0.0600. The SMILES string of the molecule is CC(C)C(=NC1CC2CCC1(CI)C2(C)C)NS(=O)(=O)C(F)(F)F. The summed E-state index contributed by atoms with van der Waals surface area (Å²) in [6.07, 6.45) is 2.90. The lowest BCUT2D eigenvalue weighted by Crippen LogP contribution is -2.45. The molecular formula is C15H24F3IN2O2S. The van der Waals surface area contributed by atoms with Gasteiger partial charge < -0.3 is 0 Å². The van der Waals surface area contributed by atoms with Crippen LogP contribution >= 0.6 is 22.6 Å². The number of nitrogens with zero attached hydrogens (tertiary/aromatic N) is 1. The van der Waals surface area contributed by atoms with Crippen LogP contribution in [0.4, 0.5) is 13.2 Å². The second kappa shape index (κ2) is 6.28. The Labute approximate surface area is 155 Å². The van der Waals surface area contributed by atoms with Crippen molar-refractivity contribution in [3.05, 3.63) is 0 Å². The summed E-state index contributed by atoms with van der Waals surface area (Å²) in [6.45, 7) is 7.70. The molecule has 2 saturated carbocycles. The van der Waals surface area contributed by atoms with Crippen LogP contribution in [-0.4, -0.2) is 30.2 Å². The van der Waals surface area contributed by atoms with Crippen molar-refractivity contribution in [1.82, 2.24) is 4.72 Å². The van der Waals surface area contributed by atoms with E-state index in [-0.39, 0.29) is 22.7 Å². The molecule has 0 spiro atoms. The van der Waals surface area contributed by atoms with E-state index in [4.69, 9.17) is 0 Å². The maximum absolute atomic E-state index is 12.7. The van der Waals surface area contributed by atoms with Gasteiger partial charge in [-0.05, 0) is 30.6 Å². The Morgan fingerprint density at radius 2 is 1.96 bits per heavy atom. The molecule has 2 aliphatic carbocycles. The van der Waals surface area contributed by atoms with Crippen molar-refractivity contribution >= 4 is 38.4 Å². The average Bonchev–Trinajstić information content (AvgIpc) is 2.80. The zero-order chi connectivity index (χ0) is 18.6. The van der Waals surface area contributed by atoms with Crippen molar-refractivity contribution in [3.8, 4) is 0 Å². The highest BCUT2D eigenvalue weighted by atomic mass is 127. The lowest BCUT2D eigenvalue weighted by atomic mass is 9.69. The first-order valence-corrected chi connectivity index (χ1v) is 11.0. The van der Waals surface area contributed by atoms with Gasteiger partial charge >= 0.3 is 15.5 Å². The minimum atomic E-state index is -5.43. The summed E-state index contributed by atoms with van der Waals surface area (Å²) in [7, 11) is -5.43. The highest BCUT2D eigenvalue weighted by Crippen LogP contribution is 2.67. The Morgan fingerprint density at radius 3 is 2.38 bits per heavy atom. The molecule has 0 radical (unpaired) electrons. The number of amidine groups is 1. The number of aliphatic imine (C=N–C) groups is 1. The lowest BCUT2D eigenvalue weighted by molar-refractivity contribution is -0.0442. The molecule has 4 nitrogen and oxygen atoms in total. The van der Waals surface area contributed by atoms with Crippen LogP contribution in [0, 0.1) is 22.7 Å². The summed E-state index contributed by atoms with van der Waals surface area (Å²) in [5, 5.41) is 0. The fourth-order valence-corrected chi connectivity index (χ4v) is 6.74. The molecule has 140 valence electrons. The lowest BCUT2D eigenvalue weighted by Gasteiger charge is -2.40. The summed E-state index contributed by atoms with van der Waals surface area (Å²) in [5.74, 6) is -0.0471. The number of alkyl halides is 4. The highest BCUT2D eigenvalue weighted by molar-refractivity contribution is 14.1. The van der Waals surface area contributed by atoms with E-state index in [2.05, 4.69) is 41.4 Å². The van der Waals surface area contributed by atoms with Gasteiger partial charge in [-0.25, -0.2) is 0 Å². The molecule has 24 heavy (non-hydrogen) atoms. The van der Waals surface area contributed by atoms with Gasteiger partial charge in [0.1, 0.15) is 5.84 Å². The van der Waals surface area contributed by atoms with Crippen molar-refractivity contribution in [2.75, 3.05) is 4.43 Å². The zero-order valence-electron chi connectivity index (χ0n) is 14.2. The summed E-state index contributed by atoms with van der Waals surface area (Å²) < 4.78 is 63.5. The van der Waals surface area contributed by atoms with Crippen LogP contribution in [0.1, 0.15) is 47.0 Å². The van der Waals surface area contributed by atoms with Gasteiger partial charge in [0, 0.05) is 15.8 Å². The summed E-state index contributed by atoms with van der Waals surface area (Å²) >= 11 is 2.33. The van der Waals surface area contributed by atoms with E-state index >= 15 is 0 Å². The molecule has 0 amide bonds. The number of nitrogens with one attached hydrogen (secondary N) is 1. The van der Waals surface area contributed by atoms with Crippen molar-refractivity contribution in [3.63, 3.8) is 0 Å². The minimum absolute atomic E-state index is 0.0628. The molecule has 3 unspecified atom stereocenters. The molecule has 3 atom stereocenters. The Morgan fingerprint density at radius 1 is 1.38 bits per heavy atom. The molecule has 2 bridgehead atoms. The third kappa shape index (κ3) is 3.07. The van der Waals surface area contributed by atoms with Gasteiger partial charge in [0.25, 0.3) is 0 Å². The van der Waals surface area contributed by atoms with E-state index in [1.54, 1.807) is 18.6 Å². The van der Waals surface area contributed by atoms with Crippen LogP contribution in [0.25, 0.3) is 0 Å². The van der Waals surface area contributed by atoms with Crippen LogP contribution in [0.5, 0.6) is 0 Å². The first-order chi connectivity index (χ1) is 10.8. The third-order valence-electron chi connectivity index (χ3n) is 6.01. The summed E-state index contributed by atoms with van der Waals surface area (Å²) in [4.78, 5) is 4.52. The van der Waals surface area contributed by atoms with Crippen LogP contribution < -0.4 is 4.72 Å². The van der Waals surface area contributed by atoms with Gasteiger partial charge in [-0.1, -0.05) is 50.3 Å². The number of sulfonamides is 1. The van der Waals surface area contributed by atoms with Crippen molar-refractivity contribution in [2.45, 2.75) is 58.5 Å². The van der Waals surface area contributed by atoms with Gasteiger partial charge in [0.2, 0.25) is 0 Å². The van der Waals surface area contributed by atoms with E-state index < -0.39 is 21.4 Å². The van der Waals surface area contributed by atoms with Gasteiger partial charge in [-0.3, -0.25) is 9.71 Å². The molecule has 2 aliphatic rings. The van der Waals surface area contributed by atoms with Crippen molar-refractivity contribution < 1.29 is 21.6 Å². The highest BCUT2D eigenvalue weighted by Gasteiger charge is 2.63. The first kappa shape index (κ1) is 20.3. The Bertz CT molecular complexity index is 631. The summed E-state index contributed by atoms with van der Waals surface area (Å²) in [5.41, 5.74) is -5.35. The first-order valence-electron chi connectivity index (χ1n) is 8.01. The number of hydrogen-bond donors (Lipinski definition) is 1. The van der Waals surface area contributed by atoms with E-state index in [0.29, 0.717) is 5.92 Å². The molecular weight excluding hydrogens is 456 g/mol. The molecule has 9 heteroatoms. The molecule has 0 aromatic rings. The number of fused-ring (bicyclic) bond motifs is 2. The molecule has 0 saturated heterocycles. The van der Waals surface area contributed by atoms with Gasteiger partial charge in [-0.15, -0.1) is 0 Å². The third-order valence-corrected chi connectivity index (χ3v) is 8.46. The number of hydrogen-bond acceptors (Lipinski definition) is 3. The van der Waals surface area contributed by atoms with E-state index in [0.717, 1.165) is 23.7 Å². The fraction of sp³-hybridized carbons (Fsp3) is 0.933. The molecule has 0 aromatic heterocycles. The van der Waals surface area contributed by atoms with Crippen molar-refractivity contribution in [1.29, 1.82) is 0 Å². The predicted molar refractivity (Wildman–Crippen MR) is 96.6 cm³/mol. The molecule has 2 rings (SSSR count). The van der Waals surface area contributed by atoms with Gasteiger partial charge in [0.05, 0.1) is 6.04 Å². The second-order valence-electron chi connectivity index (χ2n) is 7.72. The van der Waals surface area contributed by atoms with Gasteiger partial charge in [-0.2, -0.15) is 21.6 Å². The van der Waals surface area contributed by atoms with Crippen LogP contribution in [0.3, 0.4) is 0 Å². The van der Waals surface area contributed by atoms with Crippen molar-refractivity contribution in [2.24, 2.45) is 27.7 Å². The Balaban J connectivity index is 2.37. The zero-order valence-corrected chi connectivity index (χ0v) is 17.2. The van der Waals surface area contributed by atoms with E-state index in [9.17, 15) is 21.6 Å². The van der Waals surface area contributed by atoms with E-state index in [1.807, 2.05) is 0 Å².